The summed E-state index contributed by atoms with van der Waals surface area (Å²) in [4.78, 5) is 31.9. The summed E-state index contributed by atoms with van der Waals surface area (Å²) in [5.74, 6) is 0. The van der Waals surface area contributed by atoms with Crippen molar-refractivity contribution < 1.29 is 0 Å². The average Bonchev–Trinajstić information content (AvgIpc) is 2.48. The third kappa shape index (κ3) is 2.84. The van der Waals surface area contributed by atoms with Gasteiger partial charge >= 0.3 is 11.1 Å². The average molecular weight is 282 g/mol. The van der Waals surface area contributed by atoms with Crippen molar-refractivity contribution in [3.63, 3.8) is 0 Å². The number of nitrogens with one attached hydrogen (secondary N) is 3. The SMILES string of the molecule is Cc1ccc(CNc2ccc3[nH]c(=O)c(=O)[nH]c3c2)cn1. The third-order valence-corrected chi connectivity index (χ3v) is 3.19. The Kier molecular flexibility index (Phi) is 3.27. The number of benzene rings is 1. The highest BCUT2D eigenvalue weighted by Gasteiger charge is 2.01. The molecule has 0 unspecified atom stereocenters. The summed E-state index contributed by atoms with van der Waals surface area (Å²) < 4.78 is 0. The molecule has 3 rings (SSSR count). The number of anilines is 1. The fourth-order valence-corrected chi connectivity index (χ4v) is 2.03. The van der Waals surface area contributed by atoms with E-state index in [1.807, 2.05) is 31.3 Å². The van der Waals surface area contributed by atoms with Gasteiger partial charge in [0.25, 0.3) is 0 Å². The minimum absolute atomic E-state index is 0.589. The minimum atomic E-state index is -0.651. The van der Waals surface area contributed by atoms with Crippen LogP contribution in [0.3, 0.4) is 0 Å². The molecule has 0 bridgehead atoms. The number of aromatic amines is 2. The fourth-order valence-electron chi connectivity index (χ4n) is 2.03. The number of nitrogens with zero attached hydrogens (tertiary/aromatic N) is 1. The van der Waals surface area contributed by atoms with E-state index in [0.717, 1.165) is 16.9 Å². The van der Waals surface area contributed by atoms with Crippen molar-refractivity contribution in [2.75, 3.05) is 5.32 Å². The van der Waals surface area contributed by atoms with Gasteiger partial charge in [0.2, 0.25) is 0 Å². The van der Waals surface area contributed by atoms with Crippen LogP contribution in [0.15, 0.2) is 46.1 Å². The van der Waals surface area contributed by atoms with Crippen molar-refractivity contribution in [3.05, 3.63) is 68.5 Å². The van der Waals surface area contributed by atoms with E-state index in [0.29, 0.717) is 17.6 Å². The highest BCUT2D eigenvalue weighted by molar-refractivity contribution is 5.78. The predicted octanol–water partition coefficient (Wildman–Crippen LogP) is 1.53. The summed E-state index contributed by atoms with van der Waals surface area (Å²) in [6.07, 6.45) is 1.82. The van der Waals surface area contributed by atoms with Crippen LogP contribution in [0.2, 0.25) is 0 Å². The largest absolute Gasteiger partial charge is 0.381 e. The molecule has 0 aliphatic heterocycles. The molecule has 0 atom stereocenters. The third-order valence-electron chi connectivity index (χ3n) is 3.19. The van der Waals surface area contributed by atoms with E-state index in [4.69, 9.17) is 0 Å². The molecule has 0 radical (unpaired) electrons. The Morgan fingerprint density at radius 3 is 2.52 bits per heavy atom. The molecule has 21 heavy (non-hydrogen) atoms. The molecule has 6 heteroatoms. The Bertz CT molecular complexity index is 894. The van der Waals surface area contributed by atoms with E-state index in [-0.39, 0.29) is 0 Å². The highest BCUT2D eigenvalue weighted by Crippen LogP contribution is 2.14. The normalized spacial score (nSPS) is 10.7. The fraction of sp³-hybridized carbons (Fsp3) is 0.133. The Hall–Kier alpha value is -2.89. The molecule has 0 fully saturated rings. The molecule has 0 aliphatic rings. The molecule has 0 spiro atoms. The van der Waals surface area contributed by atoms with Crippen molar-refractivity contribution in [3.8, 4) is 0 Å². The van der Waals surface area contributed by atoms with Crippen LogP contribution in [0.1, 0.15) is 11.3 Å². The molecule has 6 nitrogen and oxygen atoms in total. The van der Waals surface area contributed by atoms with Gasteiger partial charge in [-0.1, -0.05) is 6.07 Å². The first kappa shape index (κ1) is 13.1. The highest BCUT2D eigenvalue weighted by atomic mass is 16.2. The molecule has 2 aromatic heterocycles. The van der Waals surface area contributed by atoms with Crippen LogP contribution in [-0.2, 0) is 6.54 Å². The van der Waals surface area contributed by atoms with Crippen LogP contribution in [-0.4, -0.2) is 15.0 Å². The van der Waals surface area contributed by atoms with Gasteiger partial charge in [-0.05, 0) is 36.8 Å². The Morgan fingerprint density at radius 2 is 1.81 bits per heavy atom. The van der Waals surface area contributed by atoms with E-state index >= 15 is 0 Å². The van der Waals surface area contributed by atoms with Gasteiger partial charge in [-0.3, -0.25) is 14.6 Å². The lowest BCUT2D eigenvalue weighted by molar-refractivity contribution is 1.08. The maximum atomic E-state index is 11.3. The molecule has 0 saturated heterocycles. The summed E-state index contributed by atoms with van der Waals surface area (Å²) in [5, 5.41) is 3.25. The molecule has 3 aromatic rings. The second-order valence-electron chi connectivity index (χ2n) is 4.83. The lowest BCUT2D eigenvalue weighted by Gasteiger charge is -2.07. The van der Waals surface area contributed by atoms with Gasteiger partial charge in [-0.25, -0.2) is 0 Å². The molecule has 0 amide bonds. The van der Waals surface area contributed by atoms with Crippen LogP contribution in [0.5, 0.6) is 0 Å². The number of aromatic nitrogens is 3. The number of fused-ring (bicyclic) bond motifs is 1. The number of H-pyrrole nitrogens is 2. The van der Waals surface area contributed by atoms with Gasteiger partial charge < -0.3 is 15.3 Å². The smallest absolute Gasteiger partial charge is 0.314 e. The second kappa shape index (κ2) is 5.24. The first-order chi connectivity index (χ1) is 10.1. The number of hydrogen-bond acceptors (Lipinski definition) is 4. The van der Waals surface area contributed by atoms with Gasteiger partial charge in [0.1, 0.15) is 0 Å². The quantitative estimate of drug-likeness (QED) is 0.635. The monoisotopic (exact) mass is 282 g/mol. The van der Waals surface area contributed by atoms with Crippen LogP contribution in [0, 0.1) is 6.92 Å². The Labute approximate surface area is 119 Å². The number of hydrogen-bond donors (Lipinski definition) is 3. The Morgan fingerprint density at radius 1 is 1.05 bits per heavy atom. The lowest BCUT2D eigenvalue weighted by Crippen LogP contribution is -2.28. The standard InChI is InChI=1S/C15H14N4O2/c1-9-2-3-10(7-16-9)8-17-11-4-5-12-13(6-11)19-15(21)14(20)18-12/h2-7,17H,8H2,1H3,(H,18,20)(H,19,21). The molecular weight excluding hydrogens is 268 g/mol. The zero-order valence-corrected chi connectivity index (χ0v) is 11.4. The van der Waals surface area contributed by atoms with Crippen LogP contribution in [0.25, 0.3) is 11.0 Å². The maximum absolute atomic E-state index is 11.3. The van der Waals surface area contributed by atoms with Crippen molar-refractivity contribution in [1.29, 1.82) is 0 Å². The second-order valence-corrected chi connectivity index (χ2v) is 4.83. The van der Waals surface area contributed by atoms with Crippen LogP contribution in [0.4, 0.5) is 5.69 Å². The number of pyridine rings is 1. The van der Waals surface area contributed by atoms with Gasteiger partial charge in [-0.2, -0.15) is 0 Å². The molecule has 0 aliphatic carbocycles. The number of rotatable bonds is 3. The van der Waals surface area contributed by atoms with Crippen molar-refractivity contribution in [1.82, 2.24) is 15.0 Å². The van der Waals surface area contributed by atoms with E-state index in [1.54, 1.807) is 12.1 Å². The zero-order valence-electron chi connectivity index (χ0n) is 11.4. The van der Waals surface area contributed by atoms with Crippen molar-refractivity contribution in [2.45, 2.75) is 13.5 Å². The Balaban J connectivity index is 1.84. The van der Waals surface area contributed by atoms with Crippen LogP contribution < -0.4 is 16.4 Å². The van der Waals surface area contributed by atoms with Crippen LogP contribution >= 0.6 is 0 Å². The molecule has 106 valence electrons. The first-order valence-corrected chi connectivity index (χ1v) is 6.53. The van der Waals surface area contributed by atoms with Gasteiger partial charge in [-0.15, -0.1) is 0 Å². The zero-order chi connectivity index (χ0) is 14.8. The summed E-state index contributed by atoms with van der Waals surface area (Å²) in [6.45, 7) is 2.57. The first-order valence-electron chi connectivity index (χ1n) is 6.53. The van der Waals surface area contributed by atoms with E-state index in [2.05, 4.69) is 20.3 Å². The van der Waals surface area contributed by atoms with Gasteiger partial charge in [0, 0.05) is 24.1 Å². The molecule has 0 saturated carbocycles. The summed E-state index contributed by atoms with van der Waals surface area (Å²) in [6, 6.07) is 9.35. The van der Waals surface area contributed by atoms with Gasteiger partial charge in [0.15, 0.2) is 0 Å². The summed E-state index contributed by atoms with van der Waals surface area (Å²) in [5.41, 5.74) is 2.79. The lowest BCUT2D eigenvalue weighted by atomic mass is 10.2. The topological polar surface area (TPSA) is 90.6 Å². The molecule has 1 aromatic carbocycles. The summed E-state index contributed by atoms with van der Waals surface area (Å²) >= 11 is 0. The van der Waals surface area contributed by atoms with E-state index in [9.17, 15) is 9.59 Å². The molecular formula is C15H14N4O2. The minimum Gasteiger partial charge on any atom is -0.381 e. The summed E-state index contributed by atoms with van der Waals surface area (Å²) in [7, 11) is 0. The van der Waals surface area contributed by atoms with E-state index in [1.165, 1.54) is 0 Å². The van der Waals surface area contributed by atoms with Gasteiger partial charge in [0.05, 0.1) is 11.0 Å². The van der Waals surface area contributed by atoms with Crippen molar-refractivity contribution in [2.24, 2.45) is 0 Å². The van der Waals surface area contributed by atoms with E-state index < -0.39 is 11.1 Å². The molecule has 2 heterocycles. The van der Waals surface area contributed by atoms with Crippen molar-refractivity contribution >= 4 is 16.7 Å². The molecule has 3 N–H and O–H groups in total. The predicted molar refractivity (Wildman–Crippen MR) is 81.5 cm³/mol. The number of aryl methyl sites for hydroxylation is 1. The maximum Gasteiger partial charge on any atom is 0.314 e.